The standard InChI is InChI=1S/C10H10N2O2S/c1-2-14-10(13)7-15-9-5-8(6-11)3-4-12-9/h3-5H,2,7H2,1H3. The van der Waals surface area contributed by atoms with Gasteiger partial charge in [-0.25, -0.2) is 4.98 Å². The van der Waals surface area contributed by atoms with Crippen molar-refractivity contribution < 1.29 is 9.53 Å². The topological polar surface area (TPSA) is 63.0 Å². The van der Waals surface area contributed by atoms with Crippen molar-refractivity contribution in [1.29, 1.82) is 5.26 Å². The van der Waals surface area contributed by atoms with Crippen molar-refractivity contribution in [2.24, 2.45) is 0 Å². The maximum absolute atomic E-state index is 11.0. The van der Waals surface area contributed by atoms with Crippen LogP contribution in [0, 0.1) is 11.3 Å². The number of nitrogens with zero attached hydrogens (tertiary/aromatic N) is 2. The Labute approximate surface area is 92.3 Å². The average molecular weight is 222 g/mol. The lowest BCUT2D eigenvalue weighted by molar-refractivity contribution is -0.139. The zero-order valence-electron chi connectivity index (χ0n) is 8.27. The Bertz CT molecular complexity index is 387. The number of pyridine rings is 1. The smallest absolute Gasteiger partial charge is 0.316 e. The summed E-state index contributed by atoms with van der Waals surface area (Å²) in [6, 6.07) is 5.27. The second-order valence-electron chi connectivity index (χ2n) is 2.59. The van der Waals surface area contributed by atoms with Crippen molar-refractivity contribution in [2.45, 2.75) is 11.9 Å². The van der Waals surface area contributed by atoms with Crippen molar-refractivity contribution in [2.75, 3.05) is 12.4 Å². The van der Waals surface area contributed by atoms with Gasteiger partial charge in [-0.15, -0.1) is 0 Å². The van der Waals surface area contributed by atoms with Gasteiger partial charge in [0.05, 0.1) is 29.0 Å². The minimum Gasteiger partial charge on any atom is -0.465 e. The summed E-state index contributed by atoms with van der Waals surface area (Å²) in [6.07, 6.45) is 1.55. The van der Waals surface area contributed by atoms with Gasteiger partial charge < -0.3 is 4.74 Å². The molecule has 1 rings (SSSR count). The Morgan fingerprint density at radius 3 is 3.20 bits per heavy atom. The Morgan fingerprint density at radius 2 is 2.53 bits per heavy atom. The molecule has 1 heterocycles. The number of thioether (sulfide) groups is 1. The maximum atomic E-state index is 11.0. The molecule has 0 atom stereocenters. The molecule has 0 unspecified atom stereocenters. The number of aromatic nitrogens is 1. The van der Waals surface area contributed by atoms with Crippen LogP contribution in [0.15, 0.2) is 23.4 Å². The lowest BCUT2D eigenvalue weighted by Gasteiger charge is -2.01. The van der Waals surface area contributed by atoms with Crippen molar-refractivity contribution in [3.05, 3.63) is 23.9 Å². The number of carbonyl (C=O) groups is 1. The Kier molecular flexibility index (Phi) is 4.64. The van der Waals surface area contributed by atoms with Crippen molar-refractivity contribution in [1.82, 2.24) is 4.98 Å². The Balaban J connectivity index is 2.51. The number of hydrogen-bond acceptors (Lipinski definition) is 5. The second-order valence-corrected chi connectivity index (χ2v) is 3.58. The molecule has 0 amide bonds. The van der Waals surface area contributed by atoms with Crippen LogP contribution in [0.1, 0.15) is 12.5 Å². The highest BCUT2D eigenvalue weighted by molar-refractivity contribution is 7.99. The Morgan fingerprint density at radius 1 is 1.73 bits per heavy atom. The molecule has 0 aromatic carbocycles. The molecule has 0 saturated heterocycles. The predicted molar refractivity (Wildman–Crippen MR) is 56.3 cm³/mol. The maximum Gasteiger partial charge on any atom is 0.316 e. The van der Waals surface area contributed by atoms with Gasteiger partial charge in [0.25, 0.3) is 0 Å². The van der Waals surface area contributed by atoms with E-state index in [1.807, 2.05) is 6.07 Å². The van der Waals surface area contributed by atoms with Gasteiger partial charge in [-0.1, -0.05) is 11.8 Å². The first-order valence-electron chi connectivity index (χ1n) is 4.41. The van der Waals surface area contributed by atoms with Gasteiger partial charge in [0.15, 0.2) is 0 Å². The number of carbonyl (C=O) groups excluding carboxylic acids is 1. The van der Waals surface area contributed by atoms with Crippen LogP contribution in [0.5, 0.6) is 0 Å². The molecule has 0 aliphatic carbocycles. The number of ether oxygens (including phenoxy) is 1. The SMILES string of the molecule is CCOC(=O)CSc1cc(C#N)ccn1. The van der Waals surface area contributed by atoms with Crippen LogP contribution in [-0.2, 0) is 9.53 Å². The molecule has 0 aliphatic heterocycles. The second kappa shape index (κ2) is 6.04. The average Bonchev–Trinajstić information content (AvgIpc) is 2.27. The van der Waals surface area contributed by atoms with E-state index in [0.717, 1.165) is 0 Å². The number of hydrogen-bond donors (Lipinski definition) is 0. The third kappa shape index (κ3) is 4.00. The van der Waals surface area contributed by atoms with E-state index in [4.69, 9.17) is 10.00 Å². The van der Waals surface area contributed by atoms with E-state index in [-0.39, 0.29) is 11.7 Å². The van der Waals surface area contributed by atoms with E-state index in [2.05, 4.69) is 4.98 Å². The molecule has 0 N–H and O–H groups in total. The van der Waals surface area contributed by atoms with Crippen LogP contribution < -0.4 is 0 Å². The third-order valence-electron chi connectivity index (χ3n) is 1.51. The van der Waals surface area contributed by atoms with Gasteiger partial charge in [-0.2, -0.15) is 5.26 Å². The monoisotopic (exact) mass is 222 g/mol. The molecule has 5 heteroatoms. The molecule has 0 bridgehead atoms. The largest absolute Gasteiger partial charge is 0.465 e. The number of rotatable bonds is 4. The van der Waals surface area contributed by atoms with E-state index in [0.29, 0.717) is 17.2 Å². The molecular weight excluding hydrogens is 212 g/mol. The van der Waals surface area contributed by atoms with Gasteiger partial charge >= 0.3 is 5.97 Å². The van der Waals surface area contributed by atoms with Gasteiger partial charge in [-0.05, 0) is 19.1 Å². The first-order valence-corrected chi connectivity index (χ1v) is 5.39. The highest BCUT2D eigenvalue weighted by Gasteiger charge is 2.04. The fourth-order valence-electron chi connectivity index (χ4n) is 0.893. The van der Waals surface area contributed by atoms with Crippen LogP contribution in [-0.4, -0.2) is 23.3 Å². The molecule has 0 spiro atoms. The molecule has 0 radical (unpaired) electrons. The molecule has 0 aliphatic rings. The minimum atomic E-state index is -0.272. The summed E-state index contributed by atoms with van der Waals surface area (Å²) < 4.78 is 4.77. The van der Waals surface area contributed by atoms with Crippen molar-refractivity contribution in [3.63, 3.8) is 0 Å². The fraction of sp³-hybridized carbons (Fsp3) is 0.300. The number of nitriles is 1. The van der Waals surface area contributed by atoms with E-state index < -0.39 is 0 Å². The van der Waals surface area contributed by atoms with Crippen molar-refractivity contribution >= 4 is 17.7 Å². The highest BCUT2D eigenvalue weighted by Crippen LogP contribution is 2.15. The highest BCUT2D eigenvalue weighted by atomic mass is 32.2. The summed E-state index contributed by atoms with van der Waals surface area (Å²) in [5.74, 6) is -0.0536. The molecule has 1 aromatic heterocycles. The summed E-state index contributed by atoms with van der Waals surface area (Å²) in [5.41, 5.74) is 0.538. The third-order valence-corrected chi connectivity index (χ3v) is 2.41. The van der Waals surface area contributed by atoms with Gasteiger partial charge in [0.2, 0.25) is 0 Å². The van der Waals surface area contributed by atoms with E-state index in [9.17, 15) is 4.79 Å². The van der Waals surface area contributed by atoms with Crippen LogP contribution in [0.4, 0.5) is 0 Å². The van der Waals surface area contributed by atoms with Gasteiger partial charge in [0, 0.05) is 6.20 Å². The molecule has 1 aromatic rings. The normalized spacial score (nSPS) is 9.33. The van der Waals surface area contributed by atoms with E-state index in [1.54, 1.807) is 25.3 Å². The molecule has 4 nitrogen and oxygen atoms in total. The molecule has 0 fully saturated rings. The zero-order chi connectivity index (χ0) is 11.1. The first-order chi connectivity index (χ1) is 7.26. The van der Waals surface area contributed by atoms with E-state index >= 15 is 0 Å². The molecule has 0 saturated carbocycles. The fourth-order valence-corrected chi connectivity index (χ4v) is 1.59. The van der Waals surface area contributed by atoms with Crippen LogP contribution >= 0.6 is 11.8 Å². The zero-order valence-corrected chi connectivity index (χ0v) is 9.08. The summed E-state index contributed by atoms with van der Waals surface area (Å²) in [6.45, 7) is 2.14. The Hall–Kier alpha value is -1.54. The summed E-state index contributed by atoms with van der Waals surface area (Å²) in [5, 5.41) is 9.30. The summed E-state index contributed by atoms with van der Waals surface area (Å²) >= 11 is 1.26. The minimum absolute atomic E-state index is 0.218. The van der Waals surface area contributed by atoms with E-state index in [1.165, 1.54) is 11.8 Å². The van der Waals surface area contributed by atoms with Crippen LogP contribution in [0.25, 0.3) is 0 Å². The van der Waals surface area contributed by atoms with Gasteiger partial charge in [-0.3, -0.25) is 4.79 Å². The number of esters is 1. The predicted octanol–water partition coefficient (Wildman–Crippen LogP) is 1.61. The molecule has 78 valence electrons. The quantitative estimate of drug-likeness (QED) is 0.572. The van der Waals surface area contributed by atoms with Gasteiger partial charge in [0.1, 0.15) is 0 Å². The first kappa shape index (κ1) is 11.5. The molecular formula is C10H10N2O2S. The van der Waals surface area contributed by atoms with Crippen molar-refractivity contribution in [3.8, 4) is 6.07 Å². The molecule has 15 heavy (non-hydrogen) atoms. The summed E-state index contributed by atoms with van der Waals surface area (Å²) in [4.78, 5) is 15.1. The van der Waals surface area contributed by atoms with Crippen LogP contribution in [0.3, 0.4) is 0 Å². The summed E-state index contributed by atoms with van der Waals surface area (Å²) in [7, 11) is 0. The van der Waals surface area contributed by atoms with Crippen LogP contribution in [0.2, 0.25) is 0 Å². The lowest BCUT2D eigenvalue weighted by Crippen LogP contribution is -2.06. The lowest BCUT2D eigenvalue weighted by atomic mass is 10.3.